The lowest BCUT2D eigenvalue weighted by Crippen LogP contribution is -2.21. The summed E-state index contributed by atoms with van der Waals surface area (Å²) in [7, 11) is 3.42. The molecule has 26 heavy (non-hydrogen) atoms. The van der Waals surface area contributed by atoms with E-state index in [0.717, 1.165) is 16.9 Å². The average Bonchev–Trinajstić information content (AvgIpc) is 3.07. The summed E-state index contributed by atoms with van der Waals surface area (Å²) < 4.78 is 1.93. The van der Waals surface area contributed by atoms with E-state index in [4.69, 9.17) is 0 Å². The standard InChI is InChI=1S/C20H20N4O2/c1-23(2)20(26)16-9-6-15(7-10-16)8-11-19(25)22-14-18-21-13-17-5-3-4-12-24(17)18/h3-13H,14H2,1-2H3,(H,22,25)/b11-8+. The Labute approximate surface area is 151 Å². The van der Waals surface area contributed by atoms with Crippen molar-refractivity contribution in [2.75, 3.05) is 14.1 Å². The zero-order valence-electron chi connectivity index (χ0n) is 14.7. The van der Waals surface area contributed by atoms with Gasteiger partial charge in [0.25, 0.3) is 5.91 Å². The molecule has 0 radical (unpaired) electrons. The maximum absolute atomic E-state index is 12.0. The van der Waals surface area contributed by atoms with Gasteiger partial charge in [0.15, 0.2) is 0 Å². The number of carbonyl (C=O) groups excluding carboxylic acids is 2. The van der Waals surface area contributed by atoms with E-state index in [9.17, 15) is 9.59 Å². The van der Waals surface area contributed by atoms with E-state index in [0.29, 0.717) is 12.1 Å². The van der Waals surface area contributed by atoms with Crippen molar-refractivity contribution >= 4 is 23.4 Å². The van der Waals surface area contributed by atoms with Crippen LogP contribution in [0.15, 0.2) is 60.9 Å². The summed E-state index contributed by atoms with van der Waals surface area (Å²) in [6, 6.07) is 12.9. The number of aromatic nitrogens is 2. The Balaban J connectivity index is 1.58. The smallest absolute Gasteiger partial charge is 0.253 e. The molecule has 3 rings (SSSR count). The fourth-order valence-corrected chi connectivity index (χ4v) is 2.52. The van der Waals surface area contributed by atoms with Crippen LogP contribution >= 0.6 is 0 Å². The van der Waals surface area contributed by atoms with Gasteiger partial charge in [-0.05, 0) is 35.9 Å². The molecule has 0 fully saturated rings. The van der Waals surface area contributed by atoms with E-state index in [-0.39, 0.29) is 11.8 Å². The summed E-state index contributed by atoms with van der Waals surface area (Å²) in [6.07, 6.45) is 6.87. The second-order valence-electron chi connectivity index (χ2n) is 6.04. The molecular formula is C20H20N4O2. The lowest BCUT2D eigenvalue weighted by atomic mass is 10.1. The zero-order valence-corrected chi connectivity index (χ0v) is 14.7. The Kier molecular flexibility index (Phi) is 5.12. The van der Waals surface area contributed by atoms with Crippen molar-refractivity contribution in [3.05, 3.63) is 77.9 Å². The highest BCUT2D eigenvalue weighted by Gasteiger charge is 2.07. The van der Waals surface area contributed by atoms with E-state index in [1.165, 1.54) is 11.0 Å². The van der Waals surface area contributed by atoms with Crippen LogP contribution in [0.1, 0.15) is 21.7 Å². The predicted octanol–water partition coefficient (Wildman–Crippen LogP) is 2.37. The maximum Gasteiger partial charge on any atom is 0.253 e. The van der Waals surface area contributed by atoms with E-state index >= 15 is 0 Å². The Morgan fingerprint density at radius 3 is 2.65 bits per heavy atom. The molecule has 6 heteroatoms. The Morgan fingerprint density at radius 1 is 1.15 bits per heavy atom. The monoisotopic (exact) mass is 348 g/mol. The first kappa shape index (κ1) is 17.4. The molecule has 0 aliphatic rings. The highest BCUT2D eigenvalue weighted by atomic mass is 16.2. The van der Waals surface area contributed by atoms with Crippen molar-refractivity contribution in [3.8, 4) is 0 Å². The van der Waals surface area contributed by atoms with Crippen molar-refractivity contribution in [3.63, 3.8) is 0 Å². The Morgan fingerprint density at radius 2 is 1.92 bits per heavy atom. The second-order valence-corrected chi connectivity index (χ2v) is 6.04. The third kappa shape index (κ3) is 3.97. The van der Waals surface area contributed by atoms with Gasteiger partial charge >= 0.3 is 0 Å². The highest BCUT2D eigenvalue weighted by molar-refractivity contribution is 5.94. The van der Waals surface area contributed by atoms with Crippen molar-refractivity contribution in [1.29, 1.82) is 0 Å². The molecule has 0 saturated heterocycles. The van der Waals surface area contributed by atoms with E-state index in [2.05, 4.69) is 10.3 Å². The molecule has 2 amide bonds. The molecule has 0 spiro atoms. The van der Waals surface area contributed by atoms with E-state index in [1.54, 1.807) is 38.5 Å². The molecule has 2 heterocycles. The van der Waals surface area contributed by atoms with Gasteiger partial charge in [-0.25, -0.2) is 4.98 Å². The van der Waals surface area contributed by atoms with Gasteiger partial charge in [0, 0.05) is 31.9 Å². The largest absolute Gasteiger partial charge is 0.345 e. The summed E-state index contributed by atoms with van der Waals surface area (Å²) >= 11 is 0. The quantitative estimate of drug-likeness (QED) is 0.720. The normalized spacial score (nSPS) is 11.0. The van der Waals surface area contributed by atoms with Crippen molar-refractivity contribution in [2.45, 2.75) is 6.54 Å². The number of benzene rings is 1. The SMILES string of the molecule is CN(C)C(=O)c1ccc(/C=C/C(=O)NCc2ncc3ccccn23)cc1. The van der Waals surface area contributed by atoms with Crippen LogP contribution in [0.3, 0.4) is 0 Å². The molecule has 3 aromatic rings. The Bertz CT molecular complexity index is 955. The first-order valence-electron chi connectivity index (χ1n) is 8.23. The van der Waals surface area contributed by atoms with Gasteiger partial charge in [0.1, 0.15) is 5.82 Å². The molecule has 0 aliphatic carbocycles. The molecule has 0 saturated carbocycles. The summed E-state index contributed by atoms with van der Waals surface area (Å²) in [5.41, 5.74) is 2.45. The van der Waals surface area contributed by atoms with Crippen LogP contribution in [0, 0.1) is 0 Å². The number of rotatable bonds is 5. The highest BCUT2D eigenvalue weighted by Crippen LogP contribution is 2.08. The van der Waals surface area contributed by atoms with Gasteiger partial charge in [-0.15, -0.1) is 0 Å². The minimum Gasteiger partial charge on any atom is -0.345 e. The lowest BCUT2D eigenvalue weighted by molar-refractivity contribution is -0.116. The number of hydrogen-bond acceptors (Lipinski definition) is 3. The Hall–Kier alpha value is -3.41. The number of hydrogen-bond donors (Lipinski definition) is 1. The topological polar surface area (TPSA) is 66.7 Å². The third-order valence-corrected chi connectivity index (χ3v) is 3.93. The van der Waals surface area contributed by atoms with Gasteiger partial charge < -0.3 is 14.6 Å². The number of fused-ring (bicyclic) bond motifs is 1. The maximum atomic E-state index is 12.0. The van der Waals surface area contributed by atoms with Gasteiger partial charge in [0.2, 0.25) is 5.91 Å². The van der Waals surface area contributed by atoms with Crippen LogP contribution in [-0.4, -0.2) is 40.2 Å². The molecule has 1 N–H and O–H groups in total. The number of nitrogens with one attached hydrogen (secondary N) is 1. The number of imidazole rings is 1. The second kappa shape index (κ2) is 7.65. The summed E-state index contributed by atoms with van der Waals surface area (Å²) in [4.78, 5) is 29.7. The zero-order chi connectivity index (χ0) is 18.5. The molecule has 6 nitrogen and oxygen atoms in total. The van der Waals surface area contributed by atoms with E-state index in [1.807, 2.05) is 40.9 Å². The number of pyridine rings is 1. The summed E-state index contributed by atoms with van der Waals surface area (Å²) in [5, 5.41) is 2.82. The number of nitrogens with zero attached hydrogens (tertiary/aromatic N) is 3. The van der Waals surface area contributed by atoms with Crippen molar-refractivity contribution in [1.82, 2.24) is 19.6 Å². The van der Waals surface area contributed by atoms with Crippen LogP contribution in [-0.2, 0) is 11.3 Å². The molecule has 0 bridgehead atoms. The van der Waals surface area contributed by atoms with Crippen molar-refractivity contribution in [2.24, 2.45) is 0 Å². The van der Waals surface area contributed by atoms with Crippen molar-refractivity contribution < 1.29 is 9.59 Å². The number of amides is 2. The molecule has 1 aromatic carbocycles. The third-order valence-electron chi connectivity index (χ3n) is 3.93. The molecular weight excluding hydrogens is 328 g/mol. The first-order chi connectivity index (χ1) is 12.5. The molecule has 0 unspecified atom stereocenters. The van der Waals surface area contributed by atoms with Crippen LogP contribution in [0.4, 0.5) is 0 Å². The van der Waals surface area contributed by atoms with Crippen LogP contribution in [0.5, 0.6) is 0 Å². The van der Waals surface area contributed by atoms with Crippen LogP contribution in [0.2, 0.25) is 0 Å². The number of carbonyl (C=O) groups is 2. The average molecular weight is 348 g/mol. The summed E-state index contributed by atoms with van der Waals surface area (Å²) in [5.74, 6) is 0.519. The molecule has 132 valence electrons. The molecule has 2 aromatic heterocycles. The predicted molar refractivity (Wildman–Crippen MR) is 101 cm³/mol. The van der Waals surface area contributed by atoms with Gasteiger partial charge in [-0.1, -0.05) is 18.2 Å². The minimum absolute atomic E-state index is 0.0507. The summed E-state index contributed by atoms with van der Waals surface area (Å²) in [6.45, 7) is 0.345. The first-order valence-corrected chi connectivity index (χ1v) is 8.23. The fourth-order valence-electron chi connectivity index (χ4n) is 2.52. The molecule has 0 aliphatic heterocycles. The van der Waals surface area contributed by atoms with Gasteiger partial charge in [-0.3, -0.25) is 9.59 Å². The molecule has 0 atom stereocenters. The van der Waals surface area contributed by atoms with Crippen LogP contribution < -0.4 is 5.32 Å². The fraction of sp³-hybridized carbons (Fsp3) is 0.150. The van der Waals surface area contributed by atoms with E-state index < -0.39 is 0 Å². The van der Waals surface area contributed by atoms with Crippen LogP contribution in [0.25, 0.3) is 11.6 Å². The van der Waals surface area contributed by atoms with Gasteiger partial charge in [-0.2, -0.15) is 0 Å². The lowest BCUT2D eigenvalue weighted by Gasteiger charge is -2.09. The van der Waals surface area contributed by atoms with Gasteiger partial charge in [0.05, 0.1) is 18.3 Å². The minimum atomic E-state index is -0.203.